The normalized spacial score (nSPS) is 13.7. The first-order valence-electron chi connectivity index (χ1n) is 8.80. The highest BCUT2D eigenvalue weighted by Gasteiger charge is 2.20. The standard InChI is InChI=1S/C18H27N5/c1-2-3-10-15-22-16-17(23(15)12-7-6-11-19)13-8-4-5-9-14(13)21-18(16)20/h4,8H,2-3,5-7,9-12,19H2,1H3,(H2,20,21). The highest BCUT2D eigenvalue weighted by molar-refractivity contribution is 5.93. The van der Waals surface area contributed by atoms with Gasteiger partial charge in [0.2, 0.25) is 0 Å². The summed E-state index contributed by atoms with van der Waals surface area (Å²) in [5.41, 5.74) is 16.2. The molecule has 124 valence electrons. The smallest absolute Gasteiger partial charge is 0.151 e. The van der Waals surface area contributed by atoms with Gasteiger partial charge in [-0.25, -0.2) is 9.97 Å². The molecule has 3 rings (SSSR count). The van der Waals surface area contributed by atoms with Gasteiger partial charge in [0.25, 0.3) is 0 Å². The quantitative estimate of drug-likeness (QED) is 0.770. The van der Waals surface area contributed by atoms with Crippen molar-refractivity contribution in [3.05, 3.63) is 23.2 Å². The summed E-state index contributed by atoms with van der Waals surface area (Å²) in [5, 5.41) is 0. The molecule has 0 aromatic carbocycles. The number of allylic oxidation sites excluding steroid dienone is 1. The average Bonchev–Trinajstić information content (AvgIpc) is 2.93. The van der Waals surface area contributed by atoms with Crippen LogP contribution in [0.4, 0.5) is 5.82 Å². The lowest BCUT2D eigenvalue weighted by Gasteiger charge is -2.15. The van der Waals surface area contributed by atoms with Gasteiger partial charge in [0.1, 0.15) is 11.3 Å². The summed E-state index contributed by atoms with van der Waals surface area (Å²) in [6.45, 7) is 3.90. The van der Waals surface area contributed by atoms with Crippen molar-refractivity contribution in [2.24, 2.45) is 5.73 Å². The molecule has 0 aliphatic heterocycles. The maximum Gasteiger partial charge on any atom is 0.151 e. The van der Waals surface area contributed by atoms with E-state index in [4.69, 9.17) is 16.5 Å². The third kappa shape index (κ3) is 3.11. The minimum absolute atomic E-state index is 0.573. The fourth-order valence-electron chi connectivity index (χ4n) is 3.31. The van der Waals surface area contributed by atoms with E-state index in [9.17, 15) is 0 Å². The van der Waals surface area contributed by atoms with Gasteiger partial charge in [0, 0.05) is 18.5 Å². The first kappa shape index (κ1) is 16.0. The maximum atomic E-state index is 6.21. The Morgan fingerprint density at radius 3 is 2.87 bits per heavy atom. The van der Waals surface area contributed by atoms with E-state index in [-0.39, 0.29) is 0 Å². The molecular formula is C18H27N5. The predicted octanol–water partition coefficient (Wildman–Crippen LogP) is 3.05. The van der Waals surface area contributed by atoms with Crippen molar-refractivity contribution < 1.29 is 0 Å². The second-order valence-electron chi connectivity index (χ2n) is 6.27. The topological polar surface area (TPSA) is 82.8 Å². The number of nitrogens with zero attached hydrogens (tertiary/aromatic N) is 3. The van der Waals surface area contributed by atoms with E-state index < -0.39 is 0 Å². The Morgan fingerprint density at radius 2 is 2.09 bits per heavy atom. The number of anilines is 1. The number of aryl methyl sites for hydroxylation is 3. The van der Waals surface area contributed by atoms with Crippen LogP contribution in [0, 0.1) is 0 Å². The Balaban J connectivity index is 2.13. The zero-order valence-electron chi connectivity index (χ0n) is 14.0. The van der Waals surface area contributed by atoms with Gasteiger partial charge < -0.3 is 16.0 Å². The van der Waals surface area contributed by atoms with Crippen LogP contribution in [0.15, 0.2) is 6.08 Å². The molecule has 4 N–H and O–H groups in total. The van der Waals surface area contributed by atoms with Crippen molar-refractivity contribution in [3.8, 4) is 0 Å². The van der Waals surface area contributed by atoms with Crippen LogP contribution < -0.4 is 11.5 Å². The number of unbranched alkanes of at least 4 members (excludes halogenated alkanes) is 2. The minimum Gasteiger partial charge on any atom is -0.382 e. The number of rotatable bonds is 7. The first-order valence-corrected chi connectivity index (χ1v) is 8.80. The molecule has 0 amide bonds. The summed E-state index contributed by atoms with van der Waals surface area (Å²) < 4.78 is 2.37. The van der Waals surface area contributed by atoms with Gasteiger partial charge in [-0.2, -0.15) is 0 Å². The number of hydrogen-bond donors (Lipinski definition) is 2. The van der Waals surface area contributed by atoms with Gasteiger partial charge in [-0.15, -0.1) is 0 Å². The fraction of sp³-hybridized carbons (Fsp3) is 0.556. The summed E-state index contributed by atoms with van der Waals surface area (Å²) in [4.78, 5) is 9.45. The largest absolute Gasteiger partial charge is 0.382 e. The molecular weight excluding hydrogens is 286 g/mol. The molecule has 0 radical (unpaired) electrons. The van der Waals surface area contributed by atoms with Crippen molar-refractivity contribution in [3.63, 3.8) is 0 Å². The third-order valence-electron chi connectivity index (χ3n) is 4.53. The Hall–Kier alpha value is -1.88. The minimum atomic E-state index is 0.573. The molecule has 5 heteroatoms. The summed E-state index contributed by atoms with van der Waals surface area (Å²) in [6, 6.07) is 0. The molecule has 23 heavy (non-hydrogen) atoms. The monoisotopic (exact) mass is 313 g/mol. The van der Waals surface area contributed by atoms with Gasteiger partial charge in [-0.3, -0.25) is 0 Å². The number of nitrogen functional groups attached to an aromatic ring is 1. The number of fused-ring (bicyclic) bond motifs is 3. The Bertz CT molecular complexity index is 714. The van der Waals surface area contributed by atoms with Crippen molar-refractivity contribution in [2.45, 2.75) is 58.4 Å². The Kier molecular flexibility index (Phi) is 4.96. The zero-order chi connectivity index (χ0) is 16.2. The maximum absolute atomic E-state index is 6.21. The Morgan fingerprint density at radius 1 is 1.22 bits per heavy atom. The second kappa shape index (κ2) is 7.13. The number of imidazole rings is 1. The first-order chi connectivity index (χ1) is 11.3. The van der Waals surface area contributed by atoms with Gasteiger partial charge in [-0.05, 0) is 38.6 Å². The number of aromatic nitrogens is 3. The van der Waals surface area contributed by atoms with E-state index in [2.05, 4.69) is 28.6 Å². The lowest BCUT2D eigenvalue weighted by molar-refractivity contribution is 0.592. The van der Waals surface area contributed by atoms with E-state index in [0.29, 0.717) is 5.82 Å². The van der Waals surface area contributed by atoms with E-state index in [0.717, 1.165) is 75.1 Å². The lowest BCUT2D eigenvalue weighted by Crippen LogP contribution is -2.09. The van der Waals surface area contributed by atoms with Crippen LogP contribution in [0.1, 0.15) is 56.1 Å². The average molecular weight is 313 g/mol. The molecule has 2 heterocycles. The van der Waals surface area contributed by atoms with E-state index in [1.807, 2.05) is 0 Å². The van der Waals surface area contributed by atoms with Crippen LogP contribution >= 0.6 is 0 Å². The molecule has 0 bridgehead atoms. The van der Waals surface area contributed by atoms with Crippen LogP contribution in [0.5, 0.6) is 0 Å². The van der Waals surface area contributed by atoms with Gasteiger partial charge >= 0.3 is 0 Å². The summed E-state index contributed by atoms with van der Waals surface area (Å²) in [6.07, 6.45) is 11.8. The van der Waals surface area contributed by atoms with Crippen molar-refractivity contribution >= 4 is 22.9 Å². The van der Waals surface area contributed by atoms with Crippen LogP contribution in [-0.4, -0.2) is 21.1 Å². The van der Waals surface area contributed by atoms with Crippen molar-refractivity contribution in [2.75, 3.05) is 12.3 Å². The number of pyridine rings is 1. The third-order valence-corrected chi connectivity index (χ3v) is 4.53. The van der Waals surface area contributed by atoms with Crippen LogP contribution in [0.2, 0.25) is 0 Å². The second-order valence-corrected chi connectivity index (χ2v) is 6.27. The van der Waals surface area contributed by atoms with E-state index >= 15 is 0 Å². The van der Waals surface area contributed by atoms with Crippen LogP contribution in [0.25, 0.3) is 17.1 Å². The molecule has 5 nitrogen and oxygen atoms in total. The van der Waals surface area contributed by atoms with Gasteiger partial charge in [0.05, 0.1) is 11.2 Å². The molecule has 0 spiro atoms. The highest BCUT2D eigenvalue weighted by atomic mass is 15.1. The van der Waals surface area contributed by atoms with Crippen molar-refractivity contribution in [1.82, 2.24) is 14.5 Å². The predicted molar refractivity (Wildman–Crippen MR) is 96.2 cm³/mol. The molecule has 0 fully saturated rings. The molecule has 0 atom stereocenters. The summed E-state index contributed by atoms with van der Waals surface area (Å²) >= 11 is 0. The zero-order valence-corrected chi connectivity index (χ0v) is 14.0. The van der Waals surface area contributed by atoms with Gasteiger partial charge in [0.15, 0.2) is 5.82 Å². The number of hydrogen-bond acceptors (Lipinski definition) is 4. The fourth-order valence-corrected chi connectivity index (χ4v) is 3.31. The highest BCUT2D eigenvalue weighted by Crippen LogP contribution is 2.31. The SMILES string of the molecule is CCCCc1nc2c(N)nc3c(c2n1CCCCN)C=CCC3. The molecule has 0 saturated heterocycles. The van der Waals surface area contributed by atoms with Crippen LogP contribution in [-0.2, 0) is 19.4 Å². The van der Waals surface area contributed by atoms with E-state index in [1.54, 1.807) is 0 Å². The van der Waals surface area contributed by atoms with Crippen LogP contribution in [0.3, 0.4) is 0 Å². The lowest BCUT2D eigenvalue weighted by atomic mass is 10.0. The Labute approximate surface area is 137 Å². The molecule has 2 aromatic heterocycles. The van der Waals surface area contributed by atoms with Gasteiger partial charge in [-0.1, -0.05) is 25.5 Å². The van der Waals surface area contributed by atoms with E-state index in [1.165, 1.54) is 11.1 Å². The molecule has 1 aliphatic carbocycles. The summed E-state index contributed by atoms with van der Waals surface area (Å²) in [7, 11) is 0. The number of nitrogens with two attached hydrogens (primary N) is 2. The molecule has 0 unspecified atom stereocenters. The molecule has 2 aromatic rings. The molecule has 1 aliphatic rings. The molecule has 0 saturated carbocycles. The van der Waals surface area contributed by atoms with Crippen molar-refractivity contribution in [1.29, 1.82) is 0 Å². The summed E-state index contributed by atoms with van der Waals surface area (Å²) in [5.74, 6) is 1.71.